The molecule has 0 amide bonds. The van der Waals surface area contributed by atoms with Gasteiger partial charge >= 0.3 is 0 Å². The maximum Gasteiger partial charge on any atom is 0.233 e. The van der Waals surface area contributed by atoms with Crippen LogP contribution in [0.1, 0.15) is 17.3 Å². The summed E-state index contributed by atoms with van der Waals surface area (Å²) in [6.07, 6.45) is 1.29. The maximum atomic E-state index is 12.6. The summed E-state index contributed by atoms with van der Waals surface area (Å²) in [6.45, 7) is 0. The van der Waals surface area contributed by atoms with Gasteiger partial charge in [-0.05, 0) is 17.7 Å². The van der Waals surface area contributed by atoms with E-state index in [1.54, 1.807) is 12.1 Å². The Bertz CT molecular complexity index is 479. The van der Waals surface area contributed by atoms with Crippen molar-refractivity contribution in [1.82, 2.24) is 10.1 Å². The zero-order valence-corrected chi connectivity index (χ0v) is 8.39. The average molecular weight is 220 g/mol. The summed E-state index contributed by atoms with van der Waals surface area (Å²) in [5, 5.41) is 3.71. The van der Waals surface area contributed by atoms with Gasteiger partial charge in [0.15, 0.2) is 5.82 Å². The Morgan fingerprint density at radius 3 is 2.75 bits per heavy atom. The second-order valence-electron chi connectivity index (χ2n) is 3.28. The van der Waals surface area contributed by atoms with Crippen LogP contribution in [0.15, 0.2) is 28.8 Å². The monoisotopic (exact) mass is 220 g/mol. The number of carbonyl (C=O) groups excluding carboxylic acids is 1. The molecule has 16 heavy (non-hydrogen) atoms. The molecule has 1 heterocycles. The fourth-order valence-corrected chi connectivity index (χ4v) is 1.30. The Balaban J connectivity index is 2.08. The molecule has 82 valence electrons. The highest BCUT2D eigenvalue weighted by Gasteiger charge is 2.06. The van der Waals surface area contributed by atoms with E-state index >= 15 is 0 Å². The van der Waals surface area contributed by atoms with Crippen molar-refractivity contribution in [3.8, 4) is 0 Å². The van der Waals surface area contributed by atoms with E-state index in [0.29, 0.717) is 24.4 Å². The third-order valence-corrected chi connectivity index (χ3v) is 2.04. The third kappa shape index (κ3) is 2.50. The first-order chi connectivity index (χ1) is 7.78. The molecule has 0 saturated heterocycles. The van der Waals surface area contributed by atoms with Crippen LogP contribution in [0.4, 0.5) is 4.39 Å². The van der Waals surface area contributed by atoms with Crippen LogP contribution in [0.5, 0.6) is 0 Å². The van der Waals surface area contributed by atoms with Crippen LogP contribution in [0.2, 0.25) is 0 Å². The van der Waals surface area contributed by atoms with Crippen molar-refractivity contribution < 1.29 is 13.7 Å². The molecule has 1 aromatic heterocycles. The summed E-state index contributed by atoms with van der Waals surface area (Å²) in [5.41, 5.74) is 0.889. The number of aldehydes is 1. The number of halogens is 1. The Hall–Kier alpha value is -2.04. The highest BCUT2D eigenvalue weighted by molar-refractivity contribution is 5.52. The Kier molecular flexibility index (Phi) is 3.05. The van der Waals surface area contributed by atoms with Crippen LogP contribution >= 0.6 is 0 Å². The Morgan fingerprint density at radius 2 is 2.06 bits per heavy atom. The normalized spacial score (nSPS) is 10.3. The summed E-state index contributed by atoms with van der Waals surface area (Å²) >= 11 is 0. The first-order valence-electron chi connectivity index (χ1n) is 4.77. The highest BCUT2D eigenvalue weighted by atomic mass is 19.1. The Morgan fingerprint density at radius 1 is 1.31 bits per heavy atom. The molecule has 0 atom stereocenters. The minimum atomic E-state index is -0.279. The van der Waals surface area contributed by atoms with E-state index in [0.717, 1.165) is 5.56 Å². The number of hydrogen-bond donors (Lipinski definition) is 0. The lowest BCUT2D eigenvalue weighted by molar-refractivity contribution is -0.107. The van der Waals surface area contributed by atoms with Crippen molar-refractivity contribution in [2.24, 2.45) is 0 Å². The lowest BCUT2D eigenvalue weighted by Crippen LogP contribution is -1.92. The largest absolute Gasteiger partial charge is 0.339 e. The third-order valence-electron chi connectivity index (χ3n) is 2.04. The molecule has 0 fully saturated rings. The standard InChI is InChI=1S/C11H9FN2O2/c12-9-3-1-8(2-4-9)7-10-13-11(5-6-15)16-14-10/h1-4,6H,5,7H2. The van der Waals surface area contributed by atoms with Gasteiger partial charge in [-0.15, -0.1) is 0 Å². The lowest BCUT2D eigenvalue weighted by atomic mass is 10.1. The number of hydrogen-bond acceptors (Lipinski definition) is 4. The van der Waals surface area contributed by atoms with Crippen molar-refractivity contribution in [2.75, 3.05) is 0 Å². The van der Waals surface area contributed by atoms with Gasteiger partial charge in [0.25, 0.3) is 0 Å². The van der Waals surface area contributed by atoms with Gasteiger partial charge in [-0.1, -0.05) is 17.3 Å². The van der Waals surface area contributed by atoms with Gasteiger partial charge in [0, 0.05) is 6.42 Å². The molecule has 0 unspecified atom stereocenters. The molecule has 1 aromatic carbocycles. The number of carbonyl (C=O) groups is 1. The molecule has 0 bridgehead atoms. The van der Waals surface area contributed by atoms with Gasteiger partial charge in [-0.2, -0.15) is 4.98 Å². The predicted molar refractivity (Wildman–Crippen MR) is 53.3 cm³/mol. The second kappa shape index (κ2) is 4.65. The molecule has 0 aliphatic rings. The fourth-order valence-electron chi connectivity index (χ4n) is 1.30. The van der Waals surface area contributed by atoms with Crippen molar-refractivity contribution in [1.29, 1.82) is 0 Å². The van der Waals surface area contributed by atoms with E-state index in [-0.39, 0.29) is 12.2 Å². The topological polar surface area (TPSA) is 56.0 Å². The fraction of sp³-hybridized carbons (Fsp3) is 0.182. The quantitative estimate of drug-likeness (QED) is 0.733. The van der Waals surface area contributed by atoms with Crippen molar-refractivity contribution in [2.45, 2.75) is 12.8 Å². The van der Waals surface area contributed by atoms with Gasteiger partial charge in [-0.25, -0.2) is 4.39 Å². The molecule has 0 aliphatic heterocycles. The SMILES string of the molecule is O=CCc1nc(Cc2ccc(F)cc2)no1. The summed E-state index contributed by atoms with van der Waals surface area (Å²) in [6, 6.07) is 6.07. The van der Waals surface area contributed by atoms with Gasteiger partial charge in [-0.3, -0.25) is 0 Å². The van der Waals surface area contributed by atoms with Crippen LogP contribution in [-0.2, 0) is 17.6 Å². The smallest absolute Gasteiger partial charge is 0.233 e. The second-order valence-corrected chi connectivity index (χ2v) is 3.28. The minimum Gasteiger partial charge on any atom is -0.339 e. The average Bonchev–Trinajstić information content (AvgIpc) is 2.70. The molecule has 2 rings (SSSR count). The number of nitrogens with zero attached hydrogens (tertiary/aromatic N) is 2. The van der Waals surface area contributed by atoms with Gasteiger partial charge in [0.1, 0.15) is 12.1 Å². The Labute approximate surface area is 91.1 Å². The minimum absolute atomic E-state index is 0.121. The molecule has 2 aromatic rings. The molecular weight excluding hydrogens is 211 g/mol. The van der Waals surface area contributed by atoms with E-state index in [1.807, 2.05) is 0 Å². The number of aromatic nitrogens is 2. The van der Waals surface area contributed by atoms with E-state index in [2.05, 4.69) is 10.1 Å². The highest BCUT2D eigenvalue weighted by Crippen LogP contribution is 2.08. The maximum absolute atomic E-state index is 12.6. The number of rotatable bonds is 4. The molecular formula is C11H9FN2O2. The molecule has 0 saturated carbocycles. The van der Waals surface area contributed by atoms with Crippen LogP contribution in [0, 0.1) is 5.82 Å². The van der Waals surface area contributed by atoms with Crippen LogP contribution in [-0.4, -0.2) is 16.4 Å². The van der Waals surface area contributed by atoms with Crippen molar-refractivity contribution in [3.05, 3.63) is 47.4 Å². The summed E-state index contributed by atoms with van der Waals surface area (Å²) in [7, 11) is 0. The van der Waals surface area contributed by atoms with Crippen LogP contribution < -0.4 is 0 Å². The molecule has 0 spiro atoms. The molecule has 0 aliphatic carbocycles. The van der Waals surface area contributed by atoms with E-state index in [9.17, 15) is 9.18 Å². The zero-order chi connectivity index (χ0) is 11.4. The summed E-state index contributed by atoms with van der Waals surface area (Å²) in [5.74, 6) is 0.508. The van der Waals surface area contributed by atoms with Crippen LogP contribution in [0.3, 0.4) is 0 Å². The molecule has 4 nitrogen and oxygen atoms in total. The van der Waals surface area contributed by atoms with Gasteiger partial charge in [0.2, 0.25) is 5.89 Å². The first kappa shape index (κ1) is 10.5. The first-order valence-corrected chi connectivity index (χ1v) is 4.77. The molecule has 0 radical (unpaired) electrons. The summed E-state index contributed by atoms with van der Waals surface area (Å²) < 4.78 is 17.5. The van der Waals surface area contributed by atoms with E-state index < -0.39 is 0 Å². The number of benzene rings is 1. The molecule has 0 N–H and O–H groups in total. The van der Waals surface area contributed by atoms with E-state index in [4.69, 9.17) is 4.52 Å². The van der Waals surface area contributed by atoms with Crippen molar-refractivity contribution >= 4 is 6.29 Å². The zero-order valence-electron chi connectivity index (χ0n) is 8.39. The van der Waals surface area contributed by atoms with E-state index in [1.165, 1.54) is 12.1 Å². The summed E-state index contributed by atoms with van der Waals surface area (Å²) in [4.78, 5) is 14.2. The van der Waals surface area contributed by atoms with Crippen molar-refractivity contribution in [3.63, 3.8) is 0 Å². The van der Waals surface area contributed by atoms with Gasteiger partial charge in [0.05, 0.1) is 6.42 Å². The van der Waals surface area contributed by atoms with Gasteiger partial charge < -0.3 is 9.32 Å². The predicted octanol–water partition coefficient (Wildman–Crippen LogP) is 1.54. The lowest BCUT2D eigenvalue weighted by Gasteiger charge is -1.95. The van der Waals surface area contributed by atoms with Crippen LogP contribution in [0.25, 0.3) is 0 Å². The molecule has 5 heteroatoms.